The first kappa shape index (κ1) is 26.9. The highest BCUT2D eigenvalue weighted by atomic mass is 19.4. The molecule has 8 nitrogen and oxygen atoms in total. The van der Waals surface area contributed by atoms with Gasteiger partial charge >= 0.3 is 6.18 Å². The molecule has 3 N–H and O–H groups in total. The number of halogens is 4. The van der Waals surface area contributed by atoms with Crippen LogP contribution in [-0.2, 0) is 0 Å². The van der Waals surface area contributed by atoms with Gasteiger partial charge in [-0.1, -0.05) is 0 Å². The summed E-state index contributed by atoms with van der Waals surface area (Å²) in [6, 6.07) is 1.51. The standard InChI is InChI=1S/C26H33F4N5O3/c1-15-21(18(27)14-32-22(15)38-2)19-11-20(34-33-19)23(36)35-10-5-16(12-24(35)8-9-24)13-31-17-3-6-25(37,7-4-17)26(28,29)30/h11,14,16-17,31,37H,3-10,12-13H2,1-2H3,(H,33,34). The van der Waals surface area contributed by atoms with Crippen LogP contribution in [0.2, 0.25) is 0 Å². The van der Waals surface area contributed by atoms with Crippen molar-refractivity contribution in [3.63, 3.8) is 0 Å². The maximum Gasteiger partial charge on any atom is 0.417 e. The number of aliphatic hydroxyl groups is 1. The lowest BCUT2D eigenvalue weighted by molar-refractivity contribution is -0.270. The Kier molecular flexibility index (Phi) is 6.91. The predicted molar refractivity (Wildman–Crippen MR) is 130 cm³/mol. The number of aromatic amines is 1. The molecular weight excluding hydrogens is 506 g/mol. The zero-order valence-electron chi connectivity index (χ0n) is 21.5. The number of amides is 1. The van der Waals surface area contributed by atoms with Crippen molar-refractivity contribution < 1.29 is 32.2 Å². The second kappa shape index (κ2) is 9.78. The quantitative estimate of drug-likeness (QED) is 0.477. The Bertz CT molecular complexity index is 1190. The van der Waals surface area contributed by atoms with Crippen molar-refractivity contribution in [3.05, 3.63) is 29.3 Å². The summed E-state index contributed by atoms with van der Waals surface area (Å²) in [6.07, 6.45) is -0.144. The van der Waals surface area contributed by atoms with Crippen LogP contribution in [0.3, 0.4) is 0 Å². The van der Waals surface area contributed by atoms with Gasteiger partial charge in [0.2, 0.25) is 5.88 Å². The van der Waals surface area contributed by atoms with E-state index in [9.17, 15) is 27.5 Å². The van der Waals surface area contributed by atoms with Gasteiger partial charge in [-0.2, -0.15) is 18.3 Å². The molecular formula is C26H33F4N5O3. The van der Waals surface area contributed by atoms with E-state index in [1.54, 1.807) is 13.0 Å². The number of alkyl halides is 3. The minimum atomic E-state index is -4.59. The van der Waals surface area contributed by atoms with Crippen molar-refractivity contribution in [2.75, 3.05) is 20.2 Å². The predicted octanol–water partition coefficient (Wildman–Crippen LogP) is 4.14. The molecule has 3 aliphatic rings. The molecule has 3 fully saturated rings. The molecule has 0 radical (unpaired) electrons. The van der Waals surface area contributed by atoms with Crippen LogP contribution in [0.4, 0.5) is 17.6 Å². The molecule has 2 aromatic heterocycles. The summed E-state index contributed by atoms with van der Waals surface area (Å²) < 4.78 is 58.9. The number of carbonyl (C=O) groups excluding carboxylic acids is 1. The number of nitrogens with zero attached hydrogens (tertiary/aromatic N) is 3. The molecule has 0 aromatic carbocycles. The summed E-state index contributed by atoms with van der Waals surface area (Å²) in [5.74, 6) is -0.134. The number of rotatable bonds is 6. The fraction of sp³-hybridized carbons (Fsp3) is 0.654. The number of methoxy groups -OCH3 is 1. The van der Waals surface area contributed by atoms with Gasteiger partial charge in [-0.3, -0.25) is 9.89 Å². The van der Waals surface area contributed by atoms with Gasteiger partial charge in [-0.15, -0.1) is 0 Å². The van der Waals surface area contributed by atoms with Gasteiger partial charge < -0.3 is 20.1 Å². The third-order valence-corrected chi connectivity index (χ3v) is 8.60. The van der Waals surface area contributed by atoms with Crippen LogP contribution in [-0.4, -0.2) is 74.7 Å². The second-order valence-electron chi connectivity index (χ2n) is 11.0. The minimum absolute atomic E-state index is 0.0495. The Morgan fingerprint density at radius 3 is 2.61 bits per heavy atom. The summed E-state index contributed by atoms with van der Waals surface area (Å²) in [5, 5.41) is 20.3. The molecule has 1 amide bonds. The van der Waals surface area contributed by atoms with Gasteiger partial charge in [-0.05, 0) is 76.8 Å². The summed E-state index contributed by atoms with van der Waals surface area (Å²) in [7, 11) is 1.45. The molecule has 1 saturated heterocycles. The van der Waals surface area contributed by atoms with Gasteiger partial charge in [0.05, 0.1) is 19.0 Å². The Hall–Kier alpha value is -2.73. The molecule has 38 heavy (non-hydrogen) atoms. The molecule has 1 aliphatic heterocycles. The maximum atomic E-state index is 14.6. The lowest BCUT2D eigenvalue weighted by Crippen LogP contribution is -2.52. The third-order valence-electron chi connectivity index (χ3n) is 8.60. The Morgan fingerprint density at radius 2 is 1.97 bits per heavy atom. The minimum Gasteiger partial charge on any atom is -0.481 e. The first-order valence-corrected chi connectivity index (χ1v) is 13.1. The van der Waals surface area contributed by atoms with Crippen molar-refractivity contribution >= 4 is 5.91 Å². The number of ether oxygens (including phenoxy) is 1. The number of carbonyl (C=O) groups is 1. The zero-order valence-corrected chi connectivity index (χ0v) is 21.5. The molecule has 3 heterocycles. The number of H-pyrrole nitrogens is 1. The lowest BCUT2D eigenvalue weighted by atomic mass is 9.81. The van der Waals surface area contributed by atoms with Crippen molar-refractivity contribution in [1.82, 2.24) is 25.4 Å². The SMILES string of the molecule is COc1ncc(F)c(-c2cc(C(=O)N3CCC(CNC4CCC(O)(C(F)(F)F)CC4)CC34CC4)[nH]n2)c1C. The molecule has 208 valence electrons. The average molecular weight is 540 g/mol. The van der Waals surface area contributed by atoms with Crippen LogP contribution in [0.15, 0.2) is 12.3 Å². The summed E-state index contributed by atoms with van der Waals surface area (Å²) in [6.45, 7) is 2.92. The van der Waals surface area contributed by atoms with Crippen LogP contribution >= 0.6 is 0 Å². The monoisotopic (exact) mass is 539 g/mol. The number of nitrogens with one attached hydrogen (secondary N) is 2. The zero-order chi connectivity index (χ0) is 27.3. The van der Waals surface area contributed by atoms with Gasteiger partial charge in [0.15, 0.2) is 11.4 Å². The smallest absolute Gasteiger partial charge is 0.417 e. The van der Waals surface area contributed by atoms with E-state index < -0.39 is 17.6 Å². The summed E-state index contributed by atoms with van der Waals surface area (Å²) >= 11 is 0. The number of piperidine rings is 1. The van der Waals surface area contributed by atoms with Crippen molar-refractivity contribution in [2.45, 2.75) is 81.6 Å². The fourth-order valence-electron chi connectivity index (χ4n) is 6.11. The molecule has 12 heteroatoms. The van der Waals surface area contributed by atoms with Crippen LogP contribution in [0, 0.1) is 18.7 Å². The van der Waals surface area contributed by atoms with Crippen molar-refractivity contribution in [1.29, 1.82) is 0 Å². The highest BCUT2D eigenvalue weighted by Gasteiger charge is 2.55. The second-order valence-corrected chi connectivity index (χ2v) is 11.0. The molecule has 5 rings (SSSR count). The fourth-order valence-corrected chi connectivity index (χ4v) is 6.11. The molecule has 1 unspecified atom stereocenters. The van der Waals surface area contributed by atoms with Crippen LogP contribution in [0.25, 0.3) is 11.3 Å². The number of hydrogen-bond acceptors (Lipinski definition) is 6. The van der Waals surface area contributed by atoms with E-state index in [0.29, 0.717) is 30.3 Å². The van der Waals surface area contributed by atoms with Crippen LogP contribution in [0.1, 0.15) is 67.4 Å². The Morgan fingerprint density at radius 1 is 1.26 bits per heavy atom. The van der Waals surface area contributed by atoms with Crippen LogP contribution < -0.4 is 10.1 Å². The number of likely N-dealkylation sites (tertiary alicyclic amines) is 1. The average Bonchev–Trinajstić information content (AvgIpc) is 3.45. The molecule has 1 atom stereocenters. The van der Waals surface area contributed by atoms with E-state index in [1.807, 2.05) is 4.90 Å². The maximum absolute atomic E-state index is 14.6. The molecule has 0 bridgehead atoms. The first-order chi connectivity index (χ1) is 18.0. The summed E-state index contributed by atoms with van der Waals surface area (Å²) in [5.41, 5.74) is -1.48. The van der Waals surface area contributed by atoms with E-state index in [1.165, 1.54) is 7.11 Å². The third kappa shape index (κ3) is 4.88. The molecule has 1 spiro atoms. The largest absolute Gasteiger partial charge is 0.481 e. The van der Waals surface area contributed by atoms with E-state index >= 15 is 0 Å². The van der Waals surface area contributed by atoms with Crippen molar-refractivity contribution in [2.24, 2.45) is 5.92 Å². The normalized spacial score (nSPS) is 27.0. The van der Waals surface area contributed by atoms with E-state index in [2.05, 4.69) is 20.5 Å². The van der Waals surface area contributed by atoms with E-state index in [0.717, 1.165) is 31.9 Å². The molecule has 2 saturated carbocycles. The number of hydrogen-bond donors (Lipinski definition) is 3. The topological polar surface area (TPSA) is 103 Å². The highest BCUT2D eigenvalue weighted by molar-refractivity contribution is 5.94. The van der Waals surface area contributed by atoms with Gasteiger partial charge in [-0.25, -0.2) is 9.37 Å². The van der Waals surface area contributed by atoms with Gasteiger partial charge in [0, 0.05) is 29.3 Å². The number of aromatic nitrogens is 3. The summed E-state index contributed by atoms with van der Waals surface area (Å²) in [4.78, 5) is 19.3. The Balaban J connectivity index is 1.19. The van der Waals surface area contributed by atoms with Crippen molar-refractivity contribution in [3.8, 4) is 17.1 Å². The first-order valence-electron chi connectivity index (χ1n) is 13.1. The van der Waals surface area contributed by atoms with Gasteiger partial charge in [0.25, 0.3) is 5.91 Å². The van der Waals surface area contributed by atoms with Crippen LogP contribution in [0.5, 0.6) is 5.88 Å². The van der Waals surface area contributed by atoms with E-state index in [4.69, 9.17) is 4.74 Å². The molecule has 2 aromatic rings. The Labute approximate surface area is 218 Å². The highest BCUT2D eigenvalue weighted by Crippen LogP contribution is 2.50. The molecule has 2 aliphatic carbocycles. The van der Waals surface area contributed by atoms with Gasteiger partial charge in [0.1, 0.15) is 5.69 Å². The number of pyridine rings is 1. The lowest BCUT2D eigenvalue weighted by Gasteiger charge is -2.41. The van der Waals surface area contributed by atoms with E-state index in [-0.39, 0.29) is 60.3 Å².